The fraction of sp³-hybridized carbons (Fsp3) is 0.600. The molecule has 1 aliphatic rings. The Morgan fingerprint density at radius 1 is 1.28 bits per heavy atom. The van der Waals surface area contributed by atoms with E-state index >= 15 is 0 Å². The highest BCUT2D eigenvalue weighted by molar-refractivity contribution is 9.10. The van der Waals surface area contributed by atoms with E-state index in [9.17, 15) is 0 Å². The molecule has 2 nitrogen and oxygen atoms in total. The van der Waals surface area contributed by atoms with Crippen LogP contribution in [0.1, 0.15) is 31.4 Å². The van der Waals surface area contributed by atoms with E-state index in [4.69, 9.17) is 0 Å². The van der Waals surface area contributed by atoms with E-state index in [0.717, 1.165) is 16.9 Å². The molecule has 1 atom stereocenters. The third kappa shape index (κ3) is 4.08. The lowest BCUT2D eigenvalue weighted by Gasteiger charge is -2.30. The Labute approximate surface area is 119 Å². The molecule has 1 fully saturated rings. The second-order valence-electron chi connectivity index (χ2n) is 5.43. The van der Waals surface area contributed by atoms with E-state index in [0.29, 0.717) is 6.04 Å². The highest BCUT2D eigenvalue weighted by Gasteiger charge is 2.17. The quantitative estimate of drug-likeness (QED) is 0.916. The molecule has 1 aromatic carbocycles. The van der Waals surface area contributed by atoms with Gasteiger partial charge in [-0.3, -0.25) is 0 Å². The van der Waals surface area contributed by atoms with Crippen molar-refractivity contribution in [3.63, 3.8) is 0 Å². The van der Waals surface area contributed by atoms with Crippen LogP contribution in [0.25, 0.3) is 0 Å². The largest absolute Gasteiger partial charge is 0.310 e. The number of hydrogen-bond acceptors (Lipinski definition) is 2. The molecule has 1 aliphatic heterocycles. The minimum Gasteiger partial charge on any atom is -0.310 e. The van der Waals surface area contributed by atoms with Gasteiger partial charge in [0.2, 0.25) is 0 Å². The second-order valence-corrected chi connectivity index (χ2v) is 6.34. The maximum Gasteiger partial charge on any atom is 0.0291 e. The summed E-state index contributed by atoms with van der Waals surface area (Å²) in [5, 5.41) is 3.67. The topological polar surface area (TPSA) is 15.3 Å². The zero-order valence-corrected chi connectivity index (χ0v) is 12.9. The van der Waals surface area contributed by atoms with Gasteiger partial charge < -0.3 is 10.2 Å². The van der Waals surface area contributed by atoms with Crippen LogP contribution in [0.5, 0.6) is 0 Å². The summed E-state index contributed by atoms with van der Waals surface area (Å²) in [7, 11) is 2.22. The highest BCUT2D eigenvalue weighted by Crippen LogP contribution is 2.19. The van der Waals surface area contributed by atoms with E-state index in [2.05, 4.69) is 64.4 Å². The summed E-state index contributed by atoms with van der Waals surface area (Å²) in [4.78, 5) is 2.43. The van der Waals surface area contributed by atoms with Gasteiger partial charge in [-0.25, -0.2) is 0 Å². The Kier molecular flexibility index (Phi) is 5.22. The summed E-state index contributed by atoms with van der Waals surface area (Å²) < 4.78 is 1.15. The first kappa shape index (κ1) is 14.0. The maximum absolute atomic E-state index is 3.67. The maximum atomic E-state index is 3.67. The third-order valence-electron chi connectivity index (χ3n) is 3.92. The van der Waals surface area contributed by atoms with Crippen molar-refractivity contribution < 1.29 is 0 Å². The Morgan fingerprint density at radius 2 is 1.89 bits per heavy atom. The fourth-order valence-corrected chi connectivity index (χ4v) is 2.74. The first-order chi connectivity index (χ1) is 8.65. The molecule has 2 rings (SSSR count). The number of likely N-dealkylation sites (tertiary alicyclic amines) is 1. The van der Waals surface area contributed by atoms with Gasteiger partial charge in [0.15, 0.2) is 0 Å². The van der Waals surface area contributed by atoms with Crippen molar-refractivity contribution in [2.24, 2.45) is 5.92 Å². The van der Waals surface area contributed by atoms with Gasteiger partial charge in [0.05, 0.1) is 0 Å². The van der Waals surface area contributed by atoms with Gasteiger partial charge in [-0.1, -0.05) is 28.1 Å². The summed E-state index contributed by atoms with van der Waals surface area (Å²) in [6, 6.07) is 9.05. The molecule has 0 saturated carbocycles. The van der Waals surface area contributed by atoms with E-state index in [1.807, 2.05) is 0 Å². The van der Waals surface area contributed by atoms with Crippen LogP contribution in [0.2, 0.25) is 0 Å². The van der Waals surface area contributed by atoms with Crippen LogP contribution in [0.15, 0.2) is 28.7 Å². The number of hydrogen-bond donors (Lipinski definition) is 1. The highest BCUT2D eigenvalue weighted by atomic mass is 79.9. The van der Waals surface area contributed by atoms with Crippen molar-refractivity contribution in [2.45, 2.75) is 25.8 Å². The Hall–Kier alpha value is -0.380. The third-order valence-corrected chi connectivity index (χ3v) is 4.45. The van der Waals surface area contributed by atoms with Crippen molar-refractivity contribution in [3.8, 4) is 0 Å². The molecule has 0 aromatic heterocycles. The summed E-state index contributed by atoms with van der Waals surface area (Å²) in [6.07, 6.45) is 2.66. The van der Waals surface area contributed by atoms with Crippen molar-refractivity contribution in [1.82, 2.24) is 10.2 Å². The molecule has 1 N–H and O–H groups in total. The molecule has 0 spiro atoms. The standard InChI is InChI=1S/C15H23BrN2/c1-12(14-3-5-15(16)6-4-14)17-11-13-7-9-18(2)10-8-13/h3-6,12-13,17H,7-11H2,1-2H3/t12-/m0/s1. The Balaban J connectivity index is 1.77. The minimum atomic E-state index is 0.442. The summed E-state index contributed by atoms with van der Waals surface area (Å²) in [5.74, 6) is 0.846. The second kappa shape index (κ2) is 6.69. The van der Waals surface area contributed by atoms with Gasteiger partial charge in [0.25, 0.3) is 0 Å². The zero-order chi connectivity index (χ0) is 13.0. The number of benzene rings is 1. The van der Waals surface area contributed by atoms with Crippen molar-refractivity contribution in [1.29, 1.82) is 0 Å². The van der Waals surface area contributed by atoms with Crippen LogP contribution in [-0.4, -0.2) is 31.6 Å². The predicted octanol–water partition coefficient (Wildman–Crippen LogP) is 3.44. The summed E-state index contributed by atoms with van der Waals surface area (Å²) in [5.41, 5.74) is 1.37. The van der Waals surface area contributed by atoms with E-state index in [-0.39, 0.29) is 0 Å². The molecule has 100 valence electrons. The van der Waals surface area contributed by atoms with Gasteiger partial charge in [-0.2, -0.15) is 0 Å². The smallest absolute Gasteiger partial charge is 0.0291 e. The molecule has 0 aliphatic carbocycles. The molecule has 1 heterocycles. The molecule has 18 heavy (non-hydrogen) atoms. The number of rotatable bonds is 4. The average Bonchev–Trinajstić information content (AvgIpc) is 2.38. The van der Waals surface area contributed by atoms with E-state index in [1.165, 1.54) is 31.5 Å². The SMILES string of the molecule is C[C@H](NCC1CCN(C)CC1)c1ccc(Br)cc1. The fourth-order valence-electron chi connectivity index (χ4n) is 2.48. The van der Waals surface area contributed by atoms with E-state index in [1.54, 1.807) is 0 Å². The van der Waals surface area contributed by atoms with Gasteiger partial charge in [-0.15, -0.1) is 0 Å². The summed E-state index contributed by atoms with van der Waals surface area (Å²) in [6.45, 7) is 5.89. The first-order valence-electron chi connectivity index (χ1n) is 6.82. The molecule has 0 bridgehead atoms. The number of piperidine rings is 1. The van der Waals surface area contributed by atoms with Crippen molar-refractivity contribution in [2.75, 3.05) is 26.7 Å². The molecule has 0 amide bonds. The summed E-state index contributed by atoms with van der Waals surface area (Å²) >= 11 is 3.48. The Morgan fingerprint density at radius 3 is 2.50 bits per heavy atom. The molecular formula is C15H23BrN2. The molecule has 1 aromatic rings. The molecule has 1 saturated heterocycles. The van der Waals surface area contributed by atoms with Crippen LogP contribution in [0.3, 0.4) is 0 Å². The van der Waals surface area contributed by atoms with Crippen LogP contribution in [-0.2, 0) is 0 Å². The van der Waals surface area contributed by atoms with Gasteiger partial charge in [-0.05, 0) is 70.1 Å². The van der Waals surface area contributed by atoms with Gasteiger partial charge >= 0.3 is 0 Å². The molecule has 0 radical (unpaired) electrons. The molecular weight excluding hydrogens is 288 g/mol. The Bertz CT molecular complexity index is 355. The number of halogens is 1. The zero-order valence-electron chi connectivity index (χ0n) is 11.3. The predicted molar refractivity (Wildman–Crippen MR) is 80.8 cm³/mol. The first-order valence-corrected chi connectivity index (χ1v) is 7.62. The van der Waals surface area contributed by atoms with Crippen LogP contribution < -0.4 is 5.32 Å². The molecule has 0 unspecified atom stereocenters. The van der Waals surface area contributed by atoms with Crippen molar-refractivity contribution >= 4 is 15.9 Å². The van der Waals surface area contributed by atoms with Gasteiger partial charge in [0, 0.05) is 10.5 Å². The lowest BCUT2D eigenvalue weighted by atomic mass is 9.96. The lowest BCUT2D eigenvalue weighted by molar-refractivity contribution is 0.213. The van der Waals surface area contributed by atoms with Crippen LogP contribution >= 0.6 is 15.9 Å². The number of nitrogens with zero attached hydrogens (tertiary/aromatic N) is 1. The monoisotopic (exact) mass is 310 g/mol. The average molecular weight is 311 g/mol. The van der Waals surface area contributed by atoms with Crippen LogP contribution in [0, 0.1) is 5.92 Å². The van der Waals surface area contributed by atoms with Crippen molar-refractivity contribution in [3.05, 3.63) is 34.3 Å². The van der Waals surface area contributed by atoms with E-state index < -0.39 is 0 Å². The van der Waals surface area contributed by atoms with Crippen LogP contribution in [0.4, 0.5) is 0 Å². The number of nitrogens with one attached hydrogen (secondary N) is 1. The normalized spacial score (nSPS) is 19.9. The minimum absolute atomic E-state index is 0.442. The lowest BCUT2D eigenvalue weighted by Crippen LogP contribution is -2.35. The van der Waals surface area contributed by atoms with Gasteiger partial charge in [0.1, 0.15) is 0 Å². The molecule has 3 heteroatoms.